The lowest BCUT2D eigenvalue weighted by atomic mass is 9.95. The molecule has 0 radical (unpaired) electrons. The number of halogens is 3. The fraction of sp³-hybridized carbons (Fsp3) is 0.200. The average Bonchev–Trinajstić information content (AvgIpc) is 2.42. The first-order chi connectivity index (χ1) is 9.54. The van der Waals surface area contributed by atoms with Crippen molar-refractivity contribution >= 4 is 11.6 Å². The van der Waals surface area contributed by atoms with Gasteiger partial charge in [0, 0.05) is 12.0 Å². The lowest BCUT2D eigenvalue weighted by Gasteiger charge is -2.30. The lowest BCUT2D eigenvalue weighted by molar-refractivity contribution is 0.0652. The molecular formula is C15H11ClF2O2. The Kier molecular flexibility index (Phi) is 3.36. The van der Waals surface area contributed by atoms with Crippen molar-refractivity contribution in [1.29, 1.82) is 0 Å². The van der Waals surface area contributed by atoms with Gasteiger partial charge in [-0.25, -0.2) is 8.78 Å². The van der Waals surface area contributed by atoms with Gasteiger partial charge in [0.2, 0.25) is 0 Å². The van der Waals surface area contributed by atoms with E-state index in [0.717, 1.165) is 0 Å². The van der Waals surface area contributed by atoms with Gasteiger partial charge in [0.15, 0.2) is 0 Å². The molecule has 2 aromatic rings. The zero-order chi connectivity index (χ0) is 14.3. The Morgan fingerprint density at radius 3 is 2.70 bits per heavy atom. The monoisotopic (exact) mass is 296 g/mol. The second-order valence-corrected chi connectivity index (χ2v) is 5.12. The van der Waals surface area contributed by atoms with Crippen LogP contribution in [0.1, 0.15) is 29.8 Å². The van der Waals surface area contributed by atoms with E-state index in [1.165, 1.54) is 30.3 Å². The first-order valence-corrected chi connectivity index (χ1v) is 6.51. The van der Waals surface area contributed by atoms with E-state index in [-0.39, 0.29) is 11.4 Å². The van der Waals surface area contributed by atoms with Crippen LogP contribution in [0.3, 0.4) is 0 Å². The molecule has 0 saturated heterocycles. The normalized spacial score (nSPS) is 21.2. The van der Waals surface area contributed by atoms with Crippen LogP contribution in [-0.4, -0.2) is 5.11 Å². The molecule has 1 aliphatic heterocycles. The van der Waals surface area contributed by atoms with Crippen LogP contribution >= 0.6 is 11.6 Å². The van der Waals surface area contributed by atoms with Gasteiger partial charge in [0.1, 0.15) is 23.5 Å². The number of ether oxygens (including phenoxy) is 1. The maximum Gasteiger partial charge on any atom is 0.142 e. The molecule has 1 aliphatic rings. The highest BCUT2D eigenvalue weighted by Crippen LogP contribution is 2.41. The minimum Gasteiger partial charge on any atom is -0.485 e. The summed E-state index contributed by atoms with van der Waals surface area (Å²) in [7, 11) is 0. The molecule has 3 rings (SSSR count). The molecule has 1 heterocycles. The third kappa shape index (κ3) is 2.37. The number of aliphatic hydroxyl groups excluding tert-OH is 1. The molecule has 1 N–H and O–H groups in total. The molecule has 0 spiro atoms. The zero-order valence-electron chi connectivity index (χ0n) is 10.3. The van der Waals surface area contributed by atoms with Crippen LogP contribution in [-0.2, 0) is 0 Å². The Hall–Kier alpha value is -1.65. The van der Waals surface area contributed by atoms with Crippen molar-refractivity contribution in [3.8, 4) is 5.75 Å². The number of hydrogen-bond acceptors (Lipinski definition) is 2. The quantitative estimate of drug-likeness (QED) is 0.855. The van der Waals surface area contributed by atoms with Crippen LogP contribution in [0.5, 0.6) is 5.75 Å². The van der Waals surface area contributed by atoms with Gasteiger partial charge >= 0.3 is 0 Å². The van der Waals surface area contributed by atoms with Crippen molar-refractivity contribution in [1.82, 2.24) is 0 Å². The van der Waals surface area contributed by atoms with Crippen LogP contribution in [0.4, 0.5) is 8.78 Å². The van der Waals surface area contributed by atoms with Crippen molar-refractivity contribution in [2.24, 2.45) is 0 Å². The highest BCUT2D eigenvalue weighted by atomic mass is 35.5. The molecule has 5 heteroatoms. The van der Waals surface area contributed by atoms with Gasteiger partial charge < -0.3 is 9.84 Å². The van der Waals surface area contributed by atoms with Crippen LogP contribution in [0.25, 0.3) is 0 Å². The summed E-state index contributed by atoms with van der Waals surface area (Å²) in [6.45, 7) is 0. The van der Waals surface area contributed by atoms with Crippen LogP contribution in [0.15, 0.2) is 36.4 Å². The summed E-state index contributed by atoms with van der Waals surface area (Å²) >= 11 is 5.64. The van der Waals surface area contributed by atoms with Gasteiger partial charge in [-0.15, -0.1) is 0 Å². The zero-order valence-corrected chi connectivity index (χ0v) is 11.1. The summed E-state index contributed by atoms with van der Waals surface area (Å²) in [5.41, 5.74) is 0.997. The minimum atomic E-state index is -0.849. The second-order valence-electron chi connectivity index (χ2n) is 4.71. The van der Waals surface area contributed by atoms with Crippen molar-refractivity contribution in [2.45, 2.75) is 18.6 Å². The molecule has 0 fully saturated rings. The highest BCUT2D eigenvalue weighted by Gasteiger charge is 2.28. The van der Waals surface area contributed by atoms with E-state index in [2.05, 4.69) is 0 Å². The first-order valence-electron chi connectivity index (χ1n) is 6.13. The van der Waals surface area contributed by atoms with E-state index in [0.29, 0.717) is 16.9 Å². The Balaban J connectivity index is 1.94. The van der Waals surface area contributed by atoms with E-state index >= 15 is 0 Å². The number of fused-ring (bicyclic) bond motifs is 1. The van der Waals surface area contributed by atoms with Crippen LogP contribution in [0.2, 0.25) is 5.02 Å². The molecular weight excluding hydrogens is 286 g/mol. The second kappa shape index (κ2) is 5.04. The minimum absolute atomic E-state index is 0.0348. The molecule has 20 heavy (non-hydrogen) atoms. The van der Waals surface area contributed by atoms with Gasteiger partial charge in [-0.05, 0) is 35.9 Å². The molecule has 2 aromatic carbocycles. The van der Waals surface area contributed by atoms with E-state index in [1.54, 1.807) is 6.07 Å². The van der Waals surface area contributed by atoms with Gasteiger partial charge in [0.05, 0.1) is 11.1 Å². The molecule has 0 aliphatic carbocycles. The molecule has 104 valence electrons. The van der Waals surface area contributed by atoms with Gasteiger partial charge in [-0.1, -0.05) is 17.7 Å². The van der Waals surface area contributed by atoms with Crippen molar-refractivity contribution in [3.05, 3.63) is 64.2 Å². The Labute approximate surface area is 119 Å². The van der Waals surface area contributed by atoms with Crippen LogP contribution < -0.4 is 4.74 Å². The topological polar surface area (TPSA) is 29.5 Å². The van der Waals surface area contributed by atoms with Crippen molar-refractivity contribution in [2.75, 3.05) is 0 Å². The standard InChI is InChI=1S/C15H11ClF2O2/c16-11-3-1-8(5-12(11)18)15-7-13(19)10-6-9(17)2-4-14(10)20-15/h1-6,13,15,19H,7H2/t13-,15?/m1/s1. The largest absolute Gasteiger partial charge is 0.485 e. The Morgan fingerprint density at radius 2 is 1.95 bits per heavy atom. The number of hydrogen-bond donors (Lipinski definition) is 1. The molecule has 0 bridgehead atoms. The van der Waals surface area contributed by atoms with E-state index in [9.17, 15) is 13.9 Å². The highest BCUT2D eigenvalue weighted by molar-refractivity contribution is 6.30. The predicted octanol–water partition coefficient (Wildman–Crippen LogP) is 4.18. The fourth-order valence-electron chi connectivity index (χ4n) is 2.33. The van der Waals surface area contributed by atoms with E-state index in [4.69, 9.17) is 16.3 Å². The summed E-state index contributed by atoms with van der Waals surface area (Å²) in [6.07, 6.45) is -1.11. The molecule has 0 saturated carbocycles. The number of aliphatic hydroxyl groups is 1. The summed E-state index contributed by atoms with van der Waals surface area (Å²) in [5.74, 6) is -0.556. The SMILES string of the molecule is O[C@@H]1CC(c2ccc(Cl)c(F)c2)Oc2ccc(F)cc21. The Morgan fingerprint density at radius 1 is 1.15 bits per heavy atom. The van der Waals surface area contributed by atoms with Crippen molar-refractivity contribution < 1.29 is 18.6 Å². The first kappa shape index (κ1) is 13.3. The van der Waals surface area contributed by atoms with Gasteiger partial charge in [-0.3, -0.25) is 0 Å². The maximum absolute atomic E-state index is 13.5. The maximum atomic E-state index is 13.5. The molecule has 1 unspecified atom stereocenters. The number of rotatable bonds is 1. The Bertz CT molecular complexity index is 660. The van der Waals surface area contributed by atoms with Crippen LogP contribution in [0, 0.1) is 11.6 Å². The molecule has 2 nitrogen and oxygen atoms in total. The molecule has 2 atom stereocenters. The van der Waals surface area contributed by atoms with Crippen molar-refractivity contribution in [3.63, 3.8) is 0 Å². The summed E-state index contributed by atoms with van der Waals surface area (Å²) < 4.78 is 32.3. The van der Waals surface area contributed by atoms with Gasteiger partial charge in [-0.2, -0.15) is 0 Å². The molecule has 0 aromatic heterocycles. The smallest absolute Gasteiger partial charge is 0.142 e. The average molecular weight is 297 g/mol. The van der Waals surface area contributed by atoms with E-state index < -0.39 is 23.8 Å². The van der Waals surface area contributed by atoms with Gasteiger partial charge in [0.25, 0.3) is 0 Å². The third-order valence-corrected chi connectivity index (χ3v) is 3.66. The van der Waals surface area contributed by atoms with E-state index in [1.807, 2.05) is 0 Å². The number of benzene rings is 2. The summed E-state index contributed by atoms with van der Waals surface area (Å²) in [4.78, 5) is 0. The predicted molar refractivity (Wildman–Crippen MR) is 70.8 cm³/mol. The third-order valence-electron chi connectivity index (χ3n) is 3.35. The fourth-order valence-corrected chi connectivity index (χ4v) is 2.45. The lowest BCUT2D eigenvalue weighted by Crippen LogP contribution is -2.19. The summed E-state index contributed by atoms with van der Waals surface area (Å²) in [5, 5.41) is 10.1. The molecule has 0 amide bonds. The summed E-state index contributed by atoms with van der Waals surface area (Å²) in [6, 6.07) is 8.36.